The van der Waals surface area contributed by atoms with E-state index >= 15 is 0 Å². The fourth-order valence-electron chi connectivity index (χ4n) is 4.70. The van der Waals surface area contributed by atoms with Crippen LogP contribution >= 0.6 is 0 Å². The Kier molecular flexibility index (Phi) is 2.51. The largest absolute Gasteiger partial charge is 0.316 e. The molecule has 0 aromatic rings. The predicted molar refractivity (Wildman–Crippen MR) is 69.8 cm³/mol. The highest BCUT2D eigenvalue weighted by atomic mass is 16.2. The molecule has 3 saturated heterocycles. The van der Waals surface area contributed by atoms with E-state index in [4.69, 9.17) is 0 Å². The first-order valence-corrected chi connectivity index (χ1v) is 7.57. The molecule has 3 nitrogen and oxygen atoms in total. The molecule has 0 aromatic carbocycles. The Balaban J connectivity index is 1.67. The molecule has 4 aliphatic heterocycles. The van der Waals surface area contributed by atoms with E-state index in [0.29, 0.717) is 23.9 Å². The summed E-state index contributed by atoms with van der Waals surface area (Å²) in [6.45, 7) is 2.47. The lowest BCUT2D eigenvalue weighted by atomic mass is 9.71. The van der Waals surface area contributed by atoms with Crippen LogP contribution in [-0.2, 0) is 4.79 Å². The number of fused-ring (bicyclic) bond motifs is 6. The van der Waals surface area contributed by atoms with Crippen molar-refractivity contribution in [1.82, 2.24) is 9.80 Å². The molecular formula is C15H22N2O. The Hall–Kier alpha value is -0.830. The van der Waals surface area contributed by atoms with E-state index in [-0.39, 0.29) is 0 Å². The number of carbonyl (C=O) groups excluding carboxylic acids is 1. The Morgan fingerprint density at radius 2 is 2.11 bits per heavy atom. The van der Waals surface area contributed by atoms with Crippen LogP contribution in [0.4, 0.5) is 0 Å². The second-order valence-corrected chi connectivity index (χ2v) is 6.44. The standard InChI is InChI=1S/C15H22N2O/c18-15-12-9-11(13-5-2-4-8-17(13)15)10-16-7-3-1-6-14(12)16/h4,8,11-14H,1-3,5-7,9-10H2/t11-,12+,13-,14-/m1/s1. The van der Waals surface area contributed by atoms with Gasteiger partial charge in [0, 0.05) is 24.8 Å². The fraction of sp³-hybridized carbons (Fsp3) is 0.800. The van der Waals surface area contributed by atoms with Crippen molar-refractivity contribution in [2.45, 2.75) is 50.6 Å². The van der Waals surface area contributed by atoms with E-state index in [2.05, 4.69) is 22.1 Å². The summed E-state index contributed by atoms with van der Waals surface area (Å²) < 4.78 is 0. The van der Waals surface area contributed by atoms with Crippen LogP contribution in [0.1, 0.15) is 38.5 Å². The number of hydrogen-bond donors (Lipinski definition) is 0. The number of carbonyl (C=O) groups is 1. The summed E-state index contributed by atoms with van der Waals surface area (Å²) >= 11 is 0. The van der Waals surface area contributed by atoms with Crippen molar-refractivity contribution >= 4 is 5.91 Å². The second kappa shape index (κ2) is 4.09. The van der Waals surface area contributed by atoms with E-state index in [9.17, 15) is 4.79 Å². The number of allylic oxidation sites excluding steroid dienone is 1. The van der Waals surface area contributed by atoms with Gasteiger partial charge in [0.25, 0.3) is 0 Å². The van der Waals surface area contributed by atoms with E-state index in [1.165, 1.54) is 38.8 Å². The Morgan fingerprint density at radius 1 is 1.17 bits per heavy atom. The van der Waals surface area contributed by atoms with Crippen LogP contribution in [-0.4, -0.2) is 40.9 Å². The van der Waals surface area contributed by atoms with Crippen LogP contribution in [0.15, 0.2) is 12.3 Å². The van der Waals surface area contributed by atoms with Crippen LogP contribution in [0.5, 0.6) is 0 Å². The van der Waals surface area contributed by atoms with E-state index in [1.807, 2.05) is 0 Å². The maximum Gasteiger partial charge on any atom is 0.231 e. The zero-order valence-corrected chi connectivity index (χ0v) is 10.9. The van der Waals surface area contributed by atoms with Crippen LogP contribution in [0.2, 0.25) is 0 Å². The van der Waals surface area contributed by atoms with Gasteiger partial charge in [-0.3, -0.25) is 9.69 Å². The number of hydrogen-bond acceptors (Lipinski definition) is 2. The molecule has 2 bridgehead atoms. The van der Waals surface area contributed by atoms with Gasteiger partial charge >= 0.3 is 0 Å². The Bertz CT molecular complexity index is 392. The zero-order valence-electron chi connectivity index (χ0n) is 10.9. The molecule has 18 heavy (non-hydrogen) atoms. The first-order chi connectivity index (χ1) is 8.84. The van der Waals surface area contributed by atoms with Gasteiger partial charge in [-0.2, -0.15) is 0 Å². The maximum atomic E-state index is 12.7. The summed E-state index contributed by atoms with van der Waals surface area (Å²) in [5.74, 6) is 1.44. The quantitative estimate of drug-likeness (QED) is 0.652. The lowest BCUT2D eigenvalue weighted by molar-refractivity contribution is -0.152. The summed E-state index contributed by atoms with van der Waals surface area (Å²) in [4.78, 5) is 17.4. The molecule has 0 radical (unpaired) electrons. The molecule has 3 fully saturated rings. The Labute approximate surface area is 109 Å². The van der Waals surface area contributed by atoms with Gasteiger partial charge in [0.15, 0.2) is 0 Å². The summed E-state index contributed by atoms with van der Waals surface area (Å²) in [5.41, 5.74) is 0. The summed E-state index contributed by atoms with van der Waals surface area (Å²) in [7, 11) is 0. The highest BCUT2D eigenvalue weighted by Gasteiger charge is 2.50. The number of nitrogens with zero attached hydrogens (tertiary/aromatic N) is 2. The highest BCUT2D eigenvalue weighted by molar-refractivity contribution is 5.82. The van der Waals surface area contributed by atoms with Gasteiger partial charge in [-0.25, -0.2) is 0 Å². The minimum absolute atomic E-state index is 0.294. The monoisotopic (exact) mass is 246 g/mol. The van der Waals surface area contributed by atoms with Crippen molar-refractivity contribution in [2.75, 3.05) is 13.1 Å². The van der Waals surface area contributed by atoms with Crippen molar-refractivity contribution in [3.05, 3.63) is 12.3 Å². The molecule has 1 amide bonds. The topological polar surface area (TPSA) is 23.6 Å². The fourth-order valence-corrected chi connectivity index (χ4v) is 4.70. The third kappa shape index (κ3) is 1.49. The van der Waals surface area contributed by atoms with Crippen molar-refractivity contribution in [3.8, 4) is 0 Å². The average molecular weight is 246 g/mol. The molecule has 0 unspecified atom stereocenters. The number of rotatable bonds is 0. The third-order valence-electron chi connectivity index (χ3n) is 5.52. The smallest absolute Gasteiger partial charge is 0.231 e. The van der Waals surface area contributed by atoms with Gasteiger partial charge in [-0.05, 0) is 44.6 Å². The van der Waals surface area contributed by atoms with Crippen molar-refractivity contribution in [1.29, 1.82) is 0 Å². The molecule has 4 heterocycles. The molecule has 4 atom stereocenters. The van der Waals surface area contributed by atoms with Crippen molar-refractivity contribution in [2.24, 2.45) is 11.8 Å². The highest BCUT2D eigenvalue weighted by Crippen LogP contribution is 2.43. The van der Waals surface area contributed by atoms with Crippen LogP contribution < -0.4 is 0 Å². The summed E-state index contributed by atoms with van der Waals surface area (Å²) in [5, 5.41) is 0. The molecule has 0 aliphatic carbocycles. The lowest BCUT2D eigenvalue weighted by Gasteiger charge is -2.55. The van der Waals surface area contributed by atoms with Crippen LogP contribution in [0, 0.1) is 11.8 Å². The van der Waals surface area contributed by atoms with Crippen molar-refractivity contribution in [3.63, 3.8) is 0 Å². The van der Waals surface area contributed by atoms with Gasteiger partial charge in [0.2, 0.25) is 5.91 Å². The number of amides is 1. The molecule has 0 spiro atoms. The van der Waals surface area contributed by atoms with Crippen LogP contribution in [0.25, 0.3) is 0 Å². The SMILES string of the molecule is O=C1[C@H]2C[C@H](CN3CCCC[C@H]23)[C@H]2CCC=CN12. The first kappa shape index (κ1) is 11.0. The molecular weight excluding hydrogens is 224 g/mol. The molecule has 98 valence electrons. The molecule has 4 rings (SSSR count). The third-order valence-corrected chi connectivity index (χ3v) is 5.52. The first-order valence-electron chi connectivity index (χ1n) is 7.57. The van der Waals surface area contributed by atoms with Crippen LogP contribution in [0.3, 0.4) is 0 Å². The van der Waals surface area contributed by atoms with Gasteiger partial charge in [0.1, 0.15) is 0 Å². The van der Waals surface area contributed by atoms with Gasteiger partial charge in [0.05, 0.1) is 5.92 Å². The normalized spacial score (nSPS) is 43.6. The van der Waals surface area contributed by atoms with Gasteiger partial charge in [-0.15, -0.1) is 0 Å². The minimum Gasteiger partial charge on any atom is -0.316 e. The zero-order chi connectivity index (χ0) is 12.1. The van der Waals surface area contributed by atoms with E-state index < -0.39 is 0 Å². The number of piperidine rings is 3. The molecule has 0 aromatic heterocycles. The minimum atomic E-state index is 0.294. The van der Waals surface area contributed by atoms with E-state index in [0.717, 1.165) is 18.8 Å². The van der Waals surface area contributed by atoms with Crippen molar-refractivity contribution < 1.29 is 4.79 Å². The molecule has 0 N–H and O–H groups in total. The average Bonchev–Trinajstić information content (AvgIpc) is 2.44. The van der Waals surface area contributed by atoms with Gasteiger partial charge in [-0.1, -0.05) is 12.5 Å². The summed E-state index contributed by atoms with van der Waals surface area (Å²) in [6, 6.07) is 1.06. The summed E-state index contributed by atoms with van der Waals surface area (Å²) in [6.07, 6.45) is 11.6. The molecule has 0 saturated carbocycles. The van der Waals surface area contributed by atoms with Gasteiger partial charge < -0.3 is 4.90 Å². The predicted octanol–water partition coefficient (Wildman–Crippen LogP) is 2.00. The lowest BCUT2D eigenvalue weighted by Crippen LogP contribution is -2.64. The Morgan fingerprint density at radius 3 is 3.06 bits per heavy atom. The second-order valence-electron chi connectivity index (χ2n) is 6.44. The molecule has 4 aliphatic rings. The van der Waals surface area contributed by atoms with E-state index in [1.54, 1.807) is 0 Å². The molecule has 3 heteroatoms. The maximum absolute atomic E-state index is 12.7.